The molecular formula is C18H25N5O2. The van der Waals surface area contributed by atoms with Crippen LogP contribution in [0.1, 0.15) is 30.8 Å². The summed E-state index contributed by atoms with van der Waals surface area (Å²) in [6, 6.07) is 2.00. The molecule has 2 fully saturated rings. The molecule has 1 amide bonds. The molecule has 2 aromatic rings. The van der Waals surface area contributed by atoms with Gasteiger partial charge in [-0.3, -0.25) is 9.36 Å². The molecule has 0 N–H and O–H groups in total. The number of nitrogens with zero attached hydrogens (tertiary/aromatic N) is 5. The van der Waals surface area contributed by atoms with Gasteiger partial charge in [0.25, 0.3) is 0 Å². The minimum absolute atomic E-state index is 0.292. The van der Waals surface area contributed by atoms with Crippen LogP contribution >= 0.6 is 0 Å². The molecule has 2 aliphatic rings. The van der Waals surface area contributed by atoms with Crippen molar-refractivity contribution in [3.05, 3.63) is 17.6 Å². The van der Waals surface area contributed by atoms with E-state index in [4.69, 9.17) is 4.42 Å². The summed E-state index contributed by atoms with van der Waals surface area (Å²) in [6.45, 7) is 7.19. The minimum Gasteiger partial charge on any atom is -0.466 e. The first-order valence-electron chi connectivity index (χ1n) is 9.05. The second kappa shape index (κ2) is 6.20. The zero-order valence-corrected chi connectivity index (χ0v) is 15.2. The van der Waals surface area contributed by atoms with Gasteiger partial charge in [0, 0.05) is 39.1 Å². The van der Waals surface area contributed by atoms with Crippen LogP contribution in [-0.4, -0.2) is 51.8 Å². The third kappa shape index (κ3) is 3.03. The van der Waals surface area contributed by atoms with E-state index in [1.165, 1.54) is 0 Å². The van der Waals surface area contributed by atoms with Crippen molar-refractivity contribution >= 4 is 11.9 Å². The maximum absolute atomic E-state index is 12.3. The Morgan fingerprint density at radius 3 is 2.64 bits per heavy atom. The van der Waals surface area contributed by atoms with Crippen LogP contribution in [0.15, 0.2) is 10.5 Å². The molecule has 0 aromatic carbocycles. The number of aromatic nitrogens is 3. The van der Waals surface area contributed by atoms with E-state index in [1.807, 2.05) is 36.4 Å². The monoisotopic (exact) mass is 343 g/mol. The Balaban J connectivity index is 1.52. The van der Waals surface area contributed by atoms with Crippen molar-refractivity contribution in [1.29, 1.82) is 0 Å². The third-order valence-electron chi connectivity index (χ3n) is 5.15. The highest BCUT2D eigenvalue weighted by atomic mass is 16.3. The third-order valence-corrected chi connectivity index (χ3v) is 5.15. The minimum atomic E-state index is 0.292. The number of amides is 1. The Kier molecular flexibility index (Phi) is 4.01. The lowest BCUT2D eigenvalue weighted by Gasteiger charge is -2.22. The number of furan rings is 1. The molecule has 0 atom stereocenters. The number of hydrogen-bond acceptors (Lipinski definition) is 5. The largest absolute Gasteiger partial charge is 0.466 e. The lowest BCUT2D eigenvalue weighted by Crippen LogP contribution is -2.36. The Bertz CT molecular complexity index is 789. The molecule has 1 saturated carbocycles. The van der Waals surface area contributed by atoms with E-state index in [9.17, 15) is 4.79 Å². The molecular weight excluding hydrogens is 318 g/mol. The fourth-order valence-corrected chi connectivity index (χ4v) is 3.61. The van der Waals surface area contributed by atoms with Crippen LogP contribution in [0.25, 0.3) is 11.4 Å². The van der Waals surface area contributed by atoms with Gasteiger partial charge in [0.2, 0.25) is 11.9 Å². The molecule has 4 rings (SSSR count). The topological polar surface area (TPSA) is 67.4 Å². The number of hydrogen-bond donors (Lipinski definition) is 0. The summed E-state index contributed by atoms with van der Waals surface area (Å²) in [7, 11) is 1.99. The fourth-order valence-electron chi connectivity index (χ4n) is 3.61. The van der Waals surface area contributed by atoms with Gasteiger partial charge in [-0.2, -0.15) is 0 Å². The Morgan fingerprint density at radius 1 is 1.16 bits per heavy atom. The van der Waals surface area contributed by atoms with E-state index in [2.05, 4.69) is 15.1 Å². The van der Waals surface area contributed by atoms with Gasteiger partial charge in [-0.1, -0.05) is 0 Å². The summed E-state index contributed by atoms with van der Waals surface area (Å²) in [6.07, 6.45) is 3.09. The van der Waals surface area contributed by atoms with Gasteiger partial charge in [0.05, 0.1) is 5.56 Å². The van der Waals surface area contributed by atoms with E-state index < -0.39 is 0 Å². The molecule has 1 aliphatic heterocycles. The second-order valence-electron chi connectivity index (χ2n) is 7.15. The van der Waals surface area contributed by atoms with Crippen molar-refractivity contribution in [2.24, 2.45) is 13.0 Å². The zero-order valence-electron chi connectivity index (χ0n) is 15.2. The Hall–Kier alpha value is -2.31. The number of anilines is 1. The van der Waals surface area contributed by atoms with Crippen LogP contribution < -0.4 is 4.90 Å². The summed E-state index contributed by atoms with van der Waals surface area (Å²) < 4.78 is 7.65. The second-order valence-corrected chi connectivity index (χ2v) is 7.15. The Labute approximate surface area is 147 Å². The van der Waals surface area contributed by atoms with E-state index in [1.54, 1.807) is 0 Å². The molecule has 1 aliphatic carbocycles. The lowest BCUT2D eigenvalue weighted by molar-refractivity contribution is -0.132. The van der Waals surface area contributed by atoms with Gasteiger partial charge in [0.1, 0.15) is 11.5 Å². The summed E-state index contributed by atoms with van der Waals surface area (Å²) in [4.78, 5) is 16.6. The van der Waals surface area contributed by atoms with Crippen molar-refractivity contribution in [1.82, 2.24) is 19.7 Å². The van der Waals surface area contributed by atoms with E-state index >= 15 is 0 Å². The average Bonchev–Trinajstić information content (AvgIpc) is 3.33. The van der Waals surface area contributed by atoms with Gasteiger partial charge < -0.3 is 14.2 Å². The number of aryl methyl sites for hydroxylation is 2. The zero-order chi connectivity index (χ0) is 17.6. The molecule has 3 heterocycles. The number of carbonyl (C=O) groups excluding carboxylic acids is 1. The van der Waals surface area contributed by atoms with Crippen molar-refractivity contribution in [3.63, 3.8) is 0 Å². The van der Waals surface area contributed by atoms with Crippen molar-refractivity contribution in [2.45, 2.75) is 33.1 Å². The summed E-state index contributed by atoms with van der Waals surface area (Å²) in [5.74, 6) is 4.04. The molecule has 0 radical (unpaired) electrons. The fraction of sp³-hybridized carbons (Fsp3) is 0.611. The van der Waals surface area contributed by atoms with Gasteiger partial charge in [-0.25, -0.2) is 0 Å². The van der Waals surface area contributed by atoms with Crippen LogP contribution in [0.5, 0.6) is 0 Å². The highest BCUT2D eigenvalue weighted by Crippen LogP contribution is 2.32. The SMILES string of the molecule is Cc1cc(-c2nnc(N3CCCN(C(=O)C4CC4)CC3)n2C)c(C)o1. The highest BCUT2D eigenvalue weighted by molar-refractivity contribution is 5.81. The van der Waals surface area contributed by atoms with E-state index in [0.29, 0.717) is 11.8 Å². The van der Waals surface area contributed by atoms with Gasteiger partial charge in [-0.15, -0.1) is 10.2 Å². The van der Waals surface area contributed by atoms with Crippen LogP contribution in [0.2, 0.25) is 0 Å². The van der Waals surface area contributed by atoms with Crippen LogP contribution in [0.4, 0.5) is 5.95 Å². The summed E-state index contributed by atoms with van der Waals surface area (Å²) >= 11 is 0. The van der Waals surface area contributed by atoms with Crippen molar-refractivity contribution in [3.8, 4) is 11.4 Å². The van der Waals surface area contributed by atoms with Gasteiger partial charge >= 0.3 is 0 Å². The molecule has 134 valence electrons. The maximum atomic E-state index is 12.3. The first-order valence-corrected chi connectivity index (χ1v) is 9.05. The molecule has 0 spiro atoms. The smallest absolute Gasteiger partial charge is 0.227 e. The first-order chi connectivity index (χ1) is 12.0. The quantitative estimate of drug-likeness (QED) is 0.854. The Morgan fingerprint density at radius 2 is 1.96 bits per heavy atom. The maximum Gasteiger partial charge on any atom is 0.227 e. The predicted molar refractivity (Wildman–Crippen MR) is 94.3 cm³/mol. The molecule has 0 bridgehead atoms. The van der Waals surface area contributed by atoms with Crippen molar-refractivity contribution < 1.29 is 9.21 Å². The molecule has 7 heteroatoms. The molecule has 0 unspecified atom stereocenters. The molecule has 2 aromatic heterocycles. The molecule has 7 nitrogen and oxygen atoms in total. The summed E-state index contributed by atoms with van der Waals surface area (Å²) in [5.41, 5.74) is 0.985. The first kappa shape index (κ1) is 16.2. The van der Waals surface area contributed by atoms with E-state index in [-0.39, 0.29) is 0 Å². The molecule has 1 saturated heterocycles. The molecule has 25 heavy (non-hydrogen) atoms. The normalized spacial score (nSPS) is 18.5. The van der Waals surface area contributed by atoms with Crippen LogP contribution in [0.3, 0.4) is 0 Å². The summed E-state index contributed by atoms with van der Waals surface area (Å²) in [5, 5.41) is 8.81. The standard InChI is InChI=1S/C18H25N5O2/c1-12-11-15(13(2)25-12)16-19-20-18(21(16)3)23-8-4-7-22(9-10-23)17(24)14-5-6-14/h11,14H,4-10H2,1-3H3. The van der Waals surface area contributed by atoms with Gasteiger partial charge in [-0.05, 0) is 39.2 Å². The average molecular weight is 343 g/mol. The van der Waals surface area contributed by atoms with Crippen LogP contribution in [0, 0.1) is 19.8 Å². The van der Waals surface area contributed by atoms with Crippen molar-refractivity contribution in [2.75, 3.05) is 31.1 Å². The predicted octanol–water partition coefficient (Wildman–Crippen LogP) is 2.14. The number of carbonyl (C=O) groups is 1. The van der Waals surface area contributed by atoms with Gasteiger partial charge in [0.15, 0.2) is 5.82 Å². The van der Waals surface area contributed by atoms with Crippen LogP contribution in [-0.2, 0) is 11.8 Å². The number of rotatable bonds is 3. The lowest BCUT2D eigenvalue weighted by atomic mass is 10.2. The highest BCUT2D eigenvalue weighted by Gasteiger charge is 2.34. The van der Waals surface area contributed by atoms with E-state index in [0.717, 1.165) is 74.3 Å².